The summed E-state index contributed by atoms with van der Waals surface area (Å²) in [6.07, 6.45) is 3.73. The maximum absolute atomic E-state index is 12.5. The first-order valence-corrected chi connectivity index (χ1v) is 10.6. The fourth-order valence-corrected chi connectivity index (χ4v) is 4.55. The number of thioether (sulfide) groups is 1. The zero-order valence-electron chi connectivity index (χ0n) is 13.6. The molecular weight excluding hydrogens is 360 g/mol. The molecule has 0 bridgehead atoms. The van der Waals surface area contributed by atoms with Crippen LogP contribution in [-0.4, -0.2) is 60.3 Å². The fraction of sp³-hybridized carbons (Fsp3) is 0.375. The van der Waals surface area contributed by atoms with Crippen LogP contribution in [0.2, 0.25) is 0 Å². The van der Waals surface area contributed by atoms with E-state index in [1.807, 2.05) is 11.8 Å². The quantitative estimate of drug-likeness (QED) is 0.783. The van der Waals surface area contributed by atoms with Gasteiger partial charge in [0.15, 0.2) is 0 Å². The second-order valence-corrected chi connectivity index (χ2v) is 8.65. The van der Waals surface area contributed by atoms with E-state index in [0.717, 1.165) is 17.2 Å². The lowest BCUT2D eigenvalue weighted by molar-refractivity contribution is 0.0772. The average molecular weight is 380 g/mol. The summed E-state index contributed by atoms with van der Waals surface area (Å²) in [7, 11) is -3.66. The van der Waals surface area contributed by atoms with Crippen molar-refractivity contribution in [3.63, 3.8) is 0 Å². The molecule has 0 radical (unpaired) electrons. The number of benzene rings is 1. The Hall–Kier alpha value is -1.84. The Morgan fingerprint density at radius 2 is 2.12 bits per heavy atom. The van der Waals surface area contributed by atoms with Gasteiger partial charge in [0.05, 0.1) is 11.2 Å². The van der Waals surface area contributed by atoms with Gasteiger partial charge in [0, 0.05) is 55.0 Å². The van der Waals surface area contributed by atoms with Crippen LogP contribution in [0.1, 0.15) is 16.1 Å². The number of aromatic amines is 1. The molecule has 1 aliphatic heterocycles. The Morgan fingerprint density at radius 1 is 1.32 bits per heavy atom. The van der Waals surface area contributed by atoms with Crippen molar-refractivity contribution in [2.24, 2.45) is 0 Å². The summed E-state index contributed by atoms with van der Waals surface area (Å²) >= 11 is 1.82. The molecule has 3 rings (SSSR count). The molecule has 0 spiro atoms. The zero-order chi connectivity index (χ0) is 17.7. The third-order valence-corrected chi connectivity index (χ3v) is 6.33. The number of sulfonamides is 1. The average Bonchev–Trinajstić information content (AvgIpc) is 3.15. The summed E-state index contributed by atoms with van der Waals surface area (Å²) < 4.78 is 27.4. The van der Waals surface area contributed by atoms with Crippen molar-refractivity contribution in [2.75, 3.05) is 31.1 Å². The molecule has 2 heterocycles. The molecule has 7 nitrogen and oxygen atoms in total. The third kappa shape index (κ3) is 4.62. The normalized spacial score (nSPS) is 15.3. The highest BCUT2D eigenvalue weighted by molar-refractivity contribution is 7.99. The Bertz CT molecular complexity index is 816. The third-order valence-electron chi connectivity index (χ3n) is 3.93. The number of imidazole rings is 1. The summed E-state index contributed by atoms with van der Waals surface area (Å²) in [5, 5.41) is 0. The molecule has 134 valence electrons. The highest BCUT2D eigenvalue weighted by Crippen LogP contribution is 2.16. The van der Waals surface area contributed by atoms with Gasteiger partial charge in [0.1, 0.15) is 0 Å². The van der Waals surface area contributed by atoms with Crippen LogP contribution in [0, 0.1) is 0 Å². The molecule has 1 amide bonds. The fourth-order valence-electron chi connectivity index (χ4n) is 2.57. The van der Waals surface area contributed by atoms with E-state index in [2.05, 4.69) is 14.7 Å². The minimum absolute atomic E-state index is 0.106. The number of nitrogens with one attached hydrogen (secondary N) is 2. The molecule has 0 aliphatic carbocycles. The highest BCUT2D eigenvalue weighted by atomic mass is 32.2. The molecule has 0 saturated carbocycles. The lowest BCUT2D eigenvalue weighted by atomic mass is 10.2. The van der Waals surface area contributed by atoms with Crippen molar-refractivity contribution in [1.29, 1.82) is 0 Å². The van der Waals surface area contributed by atoms with E-state index < -0.39 is 10.0 Å². The number of carbonyl (C=O) groups excluding carboxylic acids is 1. The number of amides is 1. The first-order valence-electron chi connectivity index (χ1n) is 8.00. The Balaban J connectivity index is 1.67. The minimum atomic E-state index is -3.66. The van der Waals surface area contributed by atoms with Gasteiger partial charge in [-0.1, -0.05) is 6.07 Å². The predicted octanol–water partition coefficient (Wildman–Crippen LogP) is 1.12. The topological polar surface area (TPSA) is 95.2 Å². The molecular formula is C16H20N4O3S2. The van der Waals surface area contributed by atoms with E-state index in [1.165, 1.54) is 12.1 Å². The predicted molar refractivity (Wildman–Crippen MR) is 97.2 cm³/mol. The van der Waals surface area contributed by atoms with Crippen molar-refractivity contribution in [2.45, 2.75) is 11.3 Å². The van der Waals surface area contributed by atoms with Crippen LogP contribution in [0.4, 0.5) is 0 Å². The van der Waals surface area contributed by atoms with Crippen molar-refractivity contribution < 1.29 is 13.2 Å². The largest absolute Gasteiger partial charge is 0.348 e. The molecule has 1 aromatic heterocycles. The molecule has 1 aromatic carbocycles. The second-order valence-electron chi connectivity index (χ2n) is 5.66. The van der Waals surface area contributed by atoms with Crippen molar-refractivity contribution in [3.05, 3.63) is 48.0 Å². The number of hydrogen-bond acceptors (Lipinski definition) is 5. The van der Waals surface area contributed by atoms with Crippen LogP contribution >= 0.6 is 11.8 Å². The number of hydrogen-bond donors (Lipinski definition) is 2. The molecule has 0 atom stereocenters. The molecule has 1 fully saturated rings. The van der Waals surface area contributed by atoms with Gasteiger partial charge >= 0.3 is 0 Å². The number of carbonyl (C=O) groups is 1. The maximum Gasteiger partial charge on any atom is 0.253 e. The SMILES string of the molecule is O=C(c1cccc(S(=O)(=O)NCCc2cnc[nH]2)c1)N1CCSCC1. The molecule has 25 heavy (non-hydrogen) atoms. The van der Waals surface area contributed by atoms with Gasteiger partial charge in [0.2, 0.25) is 10.0 Å². The van der Waals surface area contributed by atoms with Gasteiger partial charge in [0.25, 0.3) is 5.91 Å². The molecule has 9 heteroatoms. The van der Waals surface area contributed by atoms with Gasteiger partial charge in [-0.3, -0.25) is 4.79 Å². The number of rotatable bonds is 6. The van der Waals surface area contributed by atoms with Crippen LogP contribution in [0.25, 0.3) is 0 Å². The second kappa shape index (κ2) is 8.03. The number of H-pyrrole nitrogens is 1. The first kappa shape index (κ1) is 18.0. The highest BCUT2D eigenvalue weighted by Gasteiger charge is 2.21. The lowest BCUT2D eigenvalue weighted by Crippen LogP contribution is -2.38. The molecule has 0 unspecified atom stereocenters. The van der Waals surface area contributed by atoms with Crippen LogP contribution in [-0.2, 0) is 16.4 Å². The van der Waals surface area contributed by atoms with Gasteiger partial charge < -0.3 is 9.88 Å². The van der Waals surface area contributed by atoms with Crippen LogP contribution in [0.3, 0.4) is 0 Å². The number of nitrogens with zero attached hydrogens (tertiary/aromatic N) is 2. The first-order chi connectivity index (χ1) is 12.1. The van der Waals surface area contributed by atoms with Crippen molar-refractivity contribution >= 4 is 27.7 Å². The van der Waals surface area contributed by atoms with Gasteiger partial charge in [-0.25, -0.2) is 18.1 Å². The minimum Gasteiger partial charge on any atom is -0.348 e. The summed E-state index contributed by atoms with van der Waals surface area (Å²) in [4.78, 5) is 21.2. The van der Waals surface area contributed by atoms with E-state index in [0.29, 0.717) is 25.1 Å². The van der Waals surface area contributed by atoms with E-state index >= 15 is 0 Å². The molecule has 2 aromatic rings. The smallest absolute Gasteiger partial charge is 0.253 e. The lowest BCUT2D eigenvalue weighted by Gasteiger charge is -2.26. The monoisotopic (exact) mass is 380 g/mol. The van der Waals surface area contributed by atoms with Gasteiger partial charge in [-0.05, 0) is 18.2 Å². The van der Waals surface area contributed by atoms with Crippen molar-refractivity contribution in [1.82, 2.24) is 19.6 Å². The van der Waals surface area contributed by atoms with Crippen molar-refractivity contribution in [3.8, 4) is 0 Å². The van der Waals surface area contributed by atoms with E-state index in [-0.39, 0.29) is 17.3 Å². The summed E-state index contributed by atoms with van der Waals surface area (Å²) in [6, 6.07) is 6.22. The molecule has 2 N–H and O–H groups in total. The number of aromatic nitrogens is 2. The Labute approximate surface area is 151 Å². The molecule has 1 aliphatic rings. The summed E-state index contributed by atoms with van der Waals surface area (Å²) in [5.41, 5.74) is 1.26. The van der Waals surface area contributed by atoms with Gasteiger partial charge in [-0.2, -0.15) is 11.8 Å². The summed E-state index contributed by atoms with van der Waals surface area (Å²) in [6.45, 7) is 1.65. The van der Waals surface area contributed by atoms with Gasteiger partial charge in [-0.15, -0.1) is 0 Å². The Kier molecular flexibility index (Phi) is 5.77. The van der Waals surface area contributed by atoms with Crippen LogP contribution in [0.5, 0.6) is 0 Å². The van der Waals surface area contributed by atoms with Crippen LogP contribution in [0.15, 0.2) is 41.7 Å². The van der Waals surface area contributed by atoms with E-state index in [1.54, 1.807) is 29.6 Å². The Morgan fingerprint density at radius 3 is 2.84 bits per heavy atom. The van der Waals surface area contributed by atoms with E-state index in [9.17, 15) is 13.2 Å². The summed E-state index contributed by atoms with van der Waals surface area (Å²) in [5.74, 6) is 1.72. The van der Waals surface area contributed by atoms with E-state index in [4.69, 9.17) is 0 Å². The maximum atomic E-state index is 12.5. The zero-order valence-corrected chi connectivity index (χ0v) is 15.3. The standard InChI is InChI=1S/C16H20N4O3S2/c21-16(20-6-8-24-9-7-20)13-2-1-3-15(10-13)25(22,23)19-5-4-14-11-17-12-18-14/h1-3,10-12,19H,4-9H2,(H,17,18). The van der Waals surface area contributed by atoms with Crippen LogP contribution < -0.4 is 4.72 Å². The molecule has 1 saturated heterocycles.